The third-order valence-electron chi connectivity index (χ3n) is 11.8. The van der Waals surface area contributed by atoms with Gasteiger partial charge in [0.05, 0.1) is 6.10 Å². The molecule has 0 aromatic carbocycles. The lowest BCUT2D eigenvalue weighted by molar-refractivity contribution is -0.161. The molecule has 0 heterocycles. The molecule has 1 spiro atoms. The maximum absolute atomic E-state index is 6.29. The summed E-state index contributed by atoms with van der Waals surface area (Å²) in [4.78, 5) is 0. The van der Waals surface area contributed by atoms with Crippen molar-refractivity contribution >= 4 is 15.9 Å². The van der Waals surface area contributed by atoms with Crippen LogP contribution in [-0.4, -0.2) is 13.2 Å². The first kappa shape index (κ1) is 22.0. The van der Waals surface area contributed by atoms with Gasteiger partial charge in [-0.25, -0.2) is 0 Å². The van der Waals surface area contributed by atoms with E-state index >= 15 is 0 Å². The first-order valence-electron chi connectivity index (χ1n) is 13.1. The predicted octanol–water partition coefficient (Wildman–Crippen LogP) is 8.23. The van der Waals surface area contributed by atoms with Gasteiger partial charge in [-0.1, -0.05) is 56.6 Å². The Labute approximate surface area is 194 Å². The van der Waals surface area contributed by atoms with E-state index in [1.165, 1.54) is 62.3 Å². The second-order valence-electron chi connectivity index (χ2n) is 12.9. The number of allylic oxidation sites excluding steroid dienone is 2. The molecule has 0 radical (unpaired) electrons. The van der Waals surface area contributed by atoms with Gasteiger partial charge < -0.3 is 4.74 Å². The van der Waals surface area contributed by atoms with Crippen LogP contribution in [0.1, 0.15) is 92.4 Å². The summed E-state index contributed by atoms with van der Waals surface area (Å²) < 4.78 is 7.69. The van der Waals surface area contributed by atoms with Crippen molar-refractivity contribution in [2.24, 2.45) is 57.7 Å². The number of ether oxygens (including phenoxy) is 1. The van der Waals surface area contributed by atoms with Crippen LogP contribution in [0.3, 0.4) is 0 Å². The molecule has 2 heteroatoms. The minimum atomic E-state index is 0.542. The molecule has 5 saturated carbocycles. The van der Waals surface area contributed by atoms with E-state index in [4.69, 9.17) is 4.74 Å². The molecule has 0 bridgehead atoms. The zero-order valence-corrected chi connectivity index (χ0v) is 21.9. The Kier molecular flexibility index (Phi) is 5.38. The molecule has 0 N–H and O–H groups in total. The van der Waals surface area contributed by atoms with E-state index < -0.39 is 0 Å². The van der Waals surface area contributed by atoms with Gasteiger partial charge in [-0.3, -0.25) is 0 Å². The molecule has 1 nitrogen and oxygen atoms in total. The maximum Gasteiger partial charge on any atom is 0.0638 e. The molecule has 0 saturated heterocycles. The summed E-state index contributed by atoms with van der Waals surface area (Å²) >= 11 is 3.81. The fraction of sp³-hybridized carbons (Fsp3) is 0.929. The topological polar surface area (TPSA) is 9.23 Å². The molecule has 0 aromatic rings. The van der Waals surface area contributed by atoms with Crippen molar-refractivity contribution in [1.29, 1.82) is 0 Å². The molecule has 10 atom stereocenters. The number of halogens is 1. The van der Waals surface area contributed by atoms with E-state index in [2.05, 4.69) is 56.6 Å². The maximum atomic E-state index is 6.29. The fourth-order valence-electron chi connectivity index (χ4n) is 10.3. The summed E-state index contributed by atoms with van der Waals surface area (Å²) in [6.45, 7) is 12.5. The first-order chi connectivity index (χ1) is 14.2. The molecule has 5 aliphatic carbocycles. The molecule has 5 fully saturated rings. The van der Waals surface area contributed by atoms with E-state index in [1.54, 1.807) is 0 Å². The van der Waals surface area contributed by atoms with Gasteiger partial charge in [0.1, 0.15) is 0 Å². The summed E-state index contributed by atoms with van der Waals surface area (Å²) in [6.07, 6.45) is 16.0. The highest BCUT2D eigenvalue weighted by molar-refractivity contribution is 9.11. The number of hydrogen-bond donors (Lipinski definition) is 0. The lowest BCUT2D eigenvalue weighted by atomic mass is 9.45. The molecule has 5 rings (SSSR count). The van der Waals surface area contributed by atoms with Crippen molar-refractivity contribution in [2.75, 3.05) is 7.11 Å². The Morgan fingerprint density at radius 3 is 2.50 bits per heavy atom. The summed E-state index contributed by atoms with van der Waals surface area (Å²) in [7, 11) is 2.02. The highest BCUT2D eigenvalue weighted by Gasteiger charge is 2.77. The largest absolute Gasteiger partial charge is 0.381 e. The molecule has 5 aliphatic rings. The summed E-state index contributed by atoms with van der Waals surface area (Å²) in [5, 5.41) is 0. The van der Waals surface area contributed by atoms with Crippen LogP contribution in [0.25, 0.3) is 0 Å². The van der Waals surface area contributed by atoms with Crippen LogP contribution in [0, 0.1) is 57.7 Å². The molecular formula is C28H45BrO. The van der Waals surface area contributed by atoms with Crippen LogP contribution in [-0.2, 0) is 4.74 Å². The second kappa shape index (κ2) is 7.34. The van der Waals surface area contributed by atoms with Gasteiger partial charge in [-0.05, 0) is 115 Å². The van der Waals surface area contributed by atoms with E-state index in [0.717, 1.165) is 35.5 Å². The summed E-state index contributed by atoms with van der Waals surface area (Å²) in [5.41, 5.74) is 1.69. The number of rotatable bonds is 5. The lowest BCUT2D eigenvalue weighted by Crippen LogP contribution is -2.57. The van der Waals surface area contributed by atoms with Crippen molar-refractivity contribution in [3.63, 3.8) is 0 Å². The molecule has 30 heavy (non-hydrogen) atoms. The van der Waals surface area contributed by atoms with Crippen molar-refractivity contribution in [3.05, 3.63) is 10.6 Å². The van der Waals surface area contributed by atoms with Gasteiger partial charge in [0.15, 0.2) is 0 Å². The van der Waals surface area contributed by atoms with Gasteiger partial charge in [-0.15, -0.1) is 0 Å². The molecule has 0 aliphatic heterocycles. The number of fused-ring (bicyclic) bond motifs is 4. The van der Waals surface area contributed by atoms with Gasteiger partial charge in [0.25, 0.3) is 0 Å². The third kappa shape index (κ3) is 2.80. The van der Waals surface area contributed by atoms with E-state index in [1.807, 2.05) is 7.11 Å². The van der Waals surface area contributed by atoms with Crippen molar-refractivity contribution in [1.82, 2.24) is 0 Å². The first-order valence-corrected chi connectivity index (χ1v) is 13.9. The normalized spacial score (nSPS) is 53.1. The molecular weight excluding hydrogens is 432 g/mol. The van der Waals surface area contributed by atoms with Crippen LogP contribution in [0.4, 0.5) is 0 Å². The predicted molar refractivity (Wildman–Crippen MR) is 129 cm³/mol. The zero-order valence-electron chi connectivity index (χ0n) is 20.3. The third-order valence-corrected chi connectivity index (χ3v) is 13.1. The van der Waals surface area contributed by atoms with E-state index in [-0.39, 0.29) is 0 Å². The Bertz CT molecular complexity index is 713. The van der Waals surface area contributed by atoms with Gasteiger partial charge in [0.2, 0.25) is 0 Å². The van der Waals surface area contributed by atoms with Crippen LogP contribution in [0.2, 0.25) is 0 Å². The molecule has 0 aromatic heterocycles. The SMILES string of the molecule is CO[C@@H]1CC2C(CC[C@]3(C)C([C@H](C)C/C=C(\Br)C(C)C)CC[C@@H]23)[C@@]2(C)CC[C@@H]3C[C@]312. The van der Waals surface area contributed by atoms with Crippen molar-refractivity contribution < 1.29 is 4.74 Å². The van der Waals surface area contributed by atoms with Crippen LogP contribution < -0.4 is 0 Å². The van der Waals surface area contributed by atoms with Gasteiger partial charge >= 0.3 is 0 Å². The van der Waals surface area contributed by atoms with Crippen LogP contribution in [0.15, 0.2) is 10.6 Å². The minimum absolute atomic E-state index is 0.542. The summed E-state index contributed by atoms with van der Waals surface area (Å²) in [6, 6.07) is 0. The quantitative estimate of drug-likeness (QED) is 0.387. The van der Waals surface area contributed by atoms with E-state index in [9.17, 15) is 0 Å². The second-order valence-corrected chi connectivity index (χ2v) is 13.8. The summed E-state index contributed by atoms with van der Waals surface area (Å²) in [5.74, 6) is 6.12. The van der Waals surface area contributed by atoms with E-state index in [0.29, 0.717) is 28.3 Å². The monoisotopic (exact) mass is 476 g/mol. The Morgan fingerprint density at radius 2 is 1.83 bits per heavy atom. The Balaban J connectivity index is 1.38. The van der Waals surface area contributed by atoms with Gasteiger partial charge in [-0.2, -0.15) is 0 Å². The smallest absolute Gasteiger partial charge is 0.0638 e. The fourth-order valence-corrected chi connectivity index (χ4v) is 10.4. The minimum Gasteiger partial charge on any atom is -0.381 e. The Morgan fingerprint density at radius 1 is 1.07 bits per heavy atom. The zero-order chi connectivity index (χ0) is 21.5. The highest BCUT2D eigenvalue weighted by atomic mass is 79.9. The molecule has 3 unspecified atom stereocenters. The van der Waals surface area contributed by atoms with Crippen molar-refractivity contribution in [3.8, 4) is 0 Å². The van der Waals surface area contributed by atoms with Crippen LogP contribution in [0.5, 0.6) is 0 Å². The van der Waals surface area contributed by atoms with Crippen LogP contribution >= 0.6 is 15.9 Å². The Hall–Kier alpha value is 0.180. The van der Waals surface area contributed by atoms with Crippen molar-refractivity contribution in [2.45, 2.75) is 98.5 Å². The molecule has 0 amide bonds. The highest BCUT2D eigenvalue weighted by Crippen LogP contribution is 2.82. The average molecular weight is 478 g/mol. The standard InChI is InChI=1S/C28H45BrO/c1-17(2)24(29)10-7-18(3)21-8-9-22-20-15-25(30-6)28-16-19(28)11-14-27(28,5)23(20)12-13-26(21,22)4/h10,17-23,25H,7-9,11-16H2,1-6H3/b24-10-/t18-,19-,20?,21?,22+,23?,25-,26-,27-,28+/m1/s1. The lowest BCUT2D eigenvalue weighted by Gasteiger charge is -2.61. The van der Waals surface area contributed by atoms with Gasteiger partial charge in [0, 0.05) is 12.5 Å². The average Bonchev–Trinajstić information content (AvgIpc) is 3.22. The number of methoxy groups -OCH3 is 1. The molecule has 170 valence electrons. The number of hydrogen-bond acceptors (Lipinski definition) is 1.